The van der Waals surface area contributed by atoms with Gasteiger partial charge in [0.1, 0.15) is 22.7 Å². The van der Waals surface area contributed by atoms with Gasteiger partial charge in [0.25, 0.3) is 0 Å². The number of carbonyl (C=O) groups is 1. The first-order valence-electron chi connectivity index (χ1n) is 12.2. The summed E-state index contributed by atoms with van der Waals surface area (Å²) in [7, 11) is 0. The predicted molar refractivity (Wildman–Crippen MR) is 148 cm³/mol. The van der Waals surface area contributed by atoms with E-state index in [0.29, 0.717) is 61.9 Å². The molecular formula is C28H23F2N7OS. The molecule has 0 radical (unpaired) electrons. The first kappa shape index (κ1) is 24.8. The normalized spacial score (nSPS) is 11.9. The summed E-state index contributed by atoms with van der Waals surface area (Å²) >= 11 is 0.977. The van der Waals surface area contributed by atoms with Crippen LogP contribution in [0.1, 0.15) is 27.2 Å². The molecular weight excluding hydrogens is 520 g/mol. The summed E-state index contributed by atoms with van der Waals surface area (Å²) in [6.45, 7) is 5.95. The maximum absolute atomic E-state index is 16.1. The number of H-pyrrole nitrogens is 2. The highest BCUT2D eigenvalue weighted by atomic mass is 32.1. The number of amides is 1. The third kappa shape index (κ3) is 4.76. The van der Waals surface area contributed by atoms with Crippen molar-refractivity contribution >= 4 is 44.9 Å². The first-order valence-corrected chi connectivity index (χ1v) is 13.0. The van der Waals surface area contributed by atoms with Crippen LogP contribution in [0.25, 0.3) is 55.2 Å². The van der Waals surface area contributed by atoms with E-state index in [1.165, 1.54) is 12.3 Å². The van der Waals surface area contributed by atoms with E-state index < -0.39 is 5.82 Å². The predicted octanol–water partition coefficient (Wildman–Crippen LogP) is 6.94. The van der Waals surface area contributed by atoms with E-state index >= 15 is 4.39 Å². The molecule has 11 heteroatoms. The molecule has 196 valence electrons. The highest BCUT2D eigenvalue weighted by molar-refractivity contribution is 7.13. The minimum atomic E-state index is -0.504. The lowest BCUT2D eigenvalue weighted by molar-refractivity contribution is -0.117. The zero-order chi connectivity index (χ0) is 27.3. The Kier molecular flexibility index (Phi) is 5.95. The van der Waals surface area contributed by atoms with Crippen LogP contribution in [0.4, 0.5) is 14.5 Å². The standard InChI is InChI=1S/C28H23F2N7OS/c1-28(2,3)11-21(38)33-15-10-14(12-31-13-15)16-4-5-17-22(23(16)30)26(37-36-17)27-34-18-8-9-32-25(24(18)35-27)19-6-7-20(29)39-19/h4-10,12-13H,11H2,1-3H3,(H,33,38)(H,34,35)(H,36,37). The fourth-order valence-corrected chi connectivity index (χ4v) is 5.21. The summed E-state index contributed by atoms with van der Waals surface area (Å²) < 4.78 is 29.8. The number of anilines is 1. The van der Waals surface area contributed by atoms with Crippen molar-refractivity contribution < 1.29 is 13.6 Å². The highest BCUT2D eigenvalue weighted by Gasteiger charge is 2.21. The van der Waals surface area contributed by atoms with Gasteiger partial charge in [-0.15, -0.1) is 11.3 Å². The topological polar surface area (TPSA) is 112 Å². The summed E-state index contributed by atoms with van der Waals surface area (Å²) in [4.78, 5) is 29.5. The molecule has 8 nitrogen and oxygen atoms in total. The molecule has 0 unspecified atom stereocenters. The number of pyridine rings is 2. The highest BCUT2D eigenvalue weighted by Crippen LogP contribution is 2.36. The summed E-state index contributed by atoms with van der Waals surface area (Å²) in [5.41, 5.74) is 3.64. The van der Waals surface area contributed by atoms with Crippen LogP contribution >= 0.6 is 11.3 Å². The molecule has 1 aromatic carbocycles. The molecule has 5 aromatic heterocycles. The second-order valence-electron chi connectivity index (χ2n) is 10.4. The SMILES string of the molecule is CC(C)(C)CC(=O)Nc1cncc(-c2ccc3[nH]nc(-c4nc5c(-c6ccc(F)s6)nccc5[nH]4)c3c2F)c1. The molecule has 0 saturated carbocycles. The molecule has 0 aliphatic rings. The van der Waals surface area contributed by atoms with Crippen LogP contribution in [0.2, 0.25) is 0 Å². The minimum absolute atomic E-state index is 0.140. The Hall–Kier alpha value is -4.51. The van der Waals surface area contributed by atoms with E-state index in [0.717, 1.165) is 11.3 Å². The van der Waals surface area contributed by atoms with Crippen LogP contribution in [0.15, 0.2) is 55.0 Å². The average Bonchev–Trinajstić information content (AvgIpc) is 3.60. The number of halogens is 2. The molecule has 1 amide bonds. The lowest BCUT2D eigenvalue weighted by Gasteiger charge is -2.17. The van der Waals surface area contributed by atoms with Gasteiger partial charge in [-0.2, -0.15) is 9.49 Å². The fourth-order valence-electron chi connectivity index (χ4n) is 4.48. The lowest BCUT2D eigenvalue weighted by Crippen LogP contribution is -2.19. The van der Waals surface area contributed by atoms with Gasteiger partial charge in [0.05, 0.1) is 33.2 Å². The molecule has 6 aromatic rings. The van der Waals surface area contributed by atoms with E-state index in [2.05, 4.69) is 35.5 Å². The maximum Gasteiger partial charge on any atom is 0.224 e. The van der Waals surface area contributed by atoms with Crippen molar-refractivity contribution in [1.82, 2.24) is 30.1 Å². The Labute approximate surface area is 225 Å². The average molecular weight is 544 g/mol. The number of hydrogen-bond donors (Lipinski definition) is 3. The summed E-state index contributed by atoms with van der Waals surface area (Å²) in [5.74, 6) is -0.297. The van der Waals surface area contributed by atoms with Gasteiger partial charge in [0.15, 0.2) is 11.0 Å². The van der Waals surface area contributed by atoms with Gasteiger partial charge < -0.3 is 10.3 Å². The van der Waals surface area contributed by atoms with Crippen LogP contribution < -0.4 is 5.32 Å². The van der Waals surface area contributed by atoms with Gasteiger partial charge in [-0.1, -0.05) is 20.8 Å². The molecule has 0 aliphatic heterocycles. The number of benzene rings is 1. The number of imidazole rings is 1. The third-order valence-electron chi connectivity index (χ3n) is 6.12. The largest absolute Gasteiger partial charge is 0.336 e. The second kappa shape index (κ2) is 9.35. The number of nitrogens with zero attached hydrogens (tertiary/aromatic N) is 4. The van der Waals surface area contributed by atoms with Crippen LogP contribution in [0.5, 0.6) is 0 Å². The Morgan fingerprint density at radius 1 is 1.05 bits per heavy atom. The quantitative estimate of drug-likeness (QED) is 0.218. The molecule has 0 saturated heterocycles. The molecule has 0 fully saturated rings. The number of aromatic nitrogens is 6. The molecule has 0 bridgehead atoms. The summed E-state index contributed by atoms with van der Waals surface area (Å²) in [6, 6.07) is 9.85. The van der Waals surface area contributed by atoms with Gasteiger partial charge in [-0.3, -0.25) is 19.9 Å². The van der Waals surface area contributed by atoms with E-state index in [9.17, 15) is 9.18 Å². The smallest absolute Gasteiger partial charge is 0.224 e. The van der Waals surface area contributed by atoms with Gasteiger partial charge >= 0.3 is 0 Å². The molecule has 0 atom stereocenters. The van der Waals surface area contributed by atoms with Crippen LogP contribution in [0, 0.1) is 16.4 Å². The van der Waals surface area contributed by atoms with Crippen molar-refractivity contribution in [3.63, 3.8) is 0 Å². The second-order valence-corrected chi connectivity index (χ2v) is 11.4. The van der Waals surface area contributed by atoms with E-state index in [-0.39, 0.29) is 21.8 Å². The van der Waals surface area contributed by atoms with Gasteiger partial charge in [-0.25, -0.2) is 9.37 Å². The molecule has 3 N–H and O–H groups in total. The first-order chi connectivity index (χ1) is 18.7. The Balaban J connectivity index is 1.40. The van der Waals surface area contributed by atoms with Gasteiger partial charge in [-0.05, 0) is 41.8 Å². The summed E-state index contributed by atoms with van der Waals surface area (Å²) in [5, 5.41) is 10.0. The monoisotopic (exact) mass is 543 g/mol. The van der Waals surface area contributed by atoms with E-state index in [1.807, 2.05) is 20.8 Å². The Morgan fingerprint density at radius 3 is 2.67 bits per heavy atom. The number of aromatic amines is 2. The van der Waals surface area contributed by atoms with Crippen LogP contribution in [0.3, 0.4) is 0 Å². The van der Waals surface area contributed by atoms with Crippen molar-refractivity contribution in [2.75, 3.05) is 5.32 Å². The number of nitrogens with one attached hydrogen (secondary N) is 3. The molecule has 39 heavy (non-hydrogen) atoms. The Morgan fingerprint density at radius 2 is 1.90 bits per heavy atom. The van der Waals surface area contributed by atoms with Crippen LogP contribution in [-0.4, -0.2) is 36.0 Å². The third-order valence-corrected chi connectivity index (χ3v) is 7.00. The zero-order valence-electron chi connectivity index (χ0n) is 21.3. The number of rotatable bonds is 5. The molecule has 0 aliphatic carbocycles. The van der Waals surface area contributed by atoms with Crippen molar-refractivity contribution in [2.24, 2.45) is 5.41 Å². The minimum Gasteiger partial charge on any atom is -0.336 e. The maximum atomic E-state index is 16.1. The lowest BCUT2D eigenvalue weighted by atomic mass is 9.92. The fraction of sp³-hybridized carbons (Fsp3) is 0.179. The van der Waals surface area contributed by atoms with E-state index in [4.69, 9.17) is 0 Å². The number of fused-ring (bicyclic) bond motifs is 2. The number of carbonyl (C=O) groups excluding carboxylic acids is 1. The zero-order valence-corrected chi connectivity index (χ0v) is 22.1. The number of thiophene rings is 1. The molecule has 5 heterocycles. The Bertz CT molecular complexity index is 1870. The molecule has 0 spiro atoms. The van der Waals surface area contributed by atoms with E-state index in [1.54, 1.807) is 42.7 Å². The van der Waals surface area contributed by atoms with Crippen molar-refractivity contribution in [1.29, 1.82) is 0 Å². The molecule has 6 rings (SSSR count). The van der Waals surface area contributed by atoms with Crippen molar-refractivity contribution in [2.45, 2.75) is 27.2 Å². The van der Waals surface area contributed by atoms with Crippen LogP contribution in [-0.2, 0) is 4.79 Å². The van der Waals surface area contributed by atoms with Crippen molar-refractivity contribution in [3.05, 3.63) is 65.9 Å². The van der Waals surface area contributed by atoms with Gasteiger partial charge in [0.2, 0.25) is 5.91 Å². The van der Waals surface area contributed by atoms with Gasteiger partial charge in [0, 0.05) is 29.9 Å². The van der Waals surface area contributed by atoms with Crippen molar-refractivity contribution in [3.8, 4) is 33.2 Å². The number of hydrogen-bond acceptors (Lipinski definition) is 6. The summed E-state index contributed by atoms with van der Waals surface area (Å²) in [6.07, 6.45) is 5.02.